The molecule has 1 saturated heterocycles. The molecule has 4 heterocycles. The minimum Gasteiger partial charge on any atom is -0.350 e. The number of fused-ring (bicyclic) bond motifs is 1. The Morgan fingerprint density at radius 2 is 2.48 bits per heavy atom. The fraction of sp³-hybridized carbons (Fsp3) is 0.357. The lowest BCUT2D eigenvalue weighted by atomic mass is 10.1. The van der Waals surface area contributed by atoms with Crippen LogP contribution in [0.5, 0.6) is 0 Å². The molecule has 1 amide bonds. The van der Waals surface area contributed by atoms with Crippen LogP contribution in [0.1, 0.15) is 34.5 Å². The quantitative estimate of drug-likeness (QED) is 0.789. The molecule has 0 radical (unpaired) electrons. The smallest absolute Gasteiger partial charge is 0.270 e. The molecule has 0 aliphatic carbocycles. The highest BCUT2D eigenvalue weighted by Crippen LogP contribution is 2.28. The Bertz CT molecular complexity index is 774. The van der Waals surface area contributed by atoms with E-state index in [9.17, 15) is 4.79 Å². The average molecular weight is 302 g/mol. The van der Waals surface area contributed by atoms with Gasteiger partial charge in [-0.15, -0.1) is 11.3 Å². The second kappa shape index (κ2) is 4.70. The van der Waals surface area contributed by atoms with Crippen molar-refractivity contribution in [1.29, 1.82) is 0 Å². The van der Waals surface area contributed by atoms with Crippen LogP contribution in [0.3, 0.4) is 0 Å². The van der Waals surface area contributed by atoms with Gasteiger partial charge < -0.3 is 14.4 Å². The van der Waals surface area contributed by atoms with Gasteiger partial charge in [0.2, 0.25) is 5.89 Å². The SMILES string of the molecule is Cc1noc([C@@H]2CCN(C(=O)c3cc4sccc4[nH]3)C2)n1. The number of H-pyrrole nitrogens is 1. The zero-order valence-corrected chi connectivity index (χ0v) is 12.3. The van der Waals surface area contributed by atoms with Crippen molar-refractivity contribution in [1.82, 2.24) is 20.0 Å². The third-order valence-electron chi connectivity index (χ3n) is 3.84. The molecule has 1 atom stereocenters. The first-order valence-corrected chi connectivity index (χ1v) is 7.74. The number of aryl methyl sites for hydroxylation is 1. The summed E-state index contributed by atoms with van der Waals surface area (Å²) in [5, 5.41) is 5.83. The van der Waals surface area contributed by atoms with Crippen molar-refractivity contribution in [2.24, 2.45) is 0 Å². The van der Waals surface area contributed by atoms with Gasteiger partial charge in [-0.2, -0.15) is 4.98 Å². The minimum absolute atomic E-state index is 0.0390. The summed E-state index contributed by atoms with van der Waals surface area (Å²) >= 11 is 1.63. The van der Waals surface area contributed by atoms with E-state index in [4.69, 9.17) is 4.52 Å². The zero-order valence-electron chi connectivity index (χ0n) is 11.5. The number of aromatic nitrogens is 3. The average Bonchev–Trinajstić information content (AvgIpc) is 3.20. The van der Waals surface area contributed by atoms with E-state index < -0.39 is 0 Å². The van der Waals surface area contributed by atoms with Gasteiger partial charge in [-0.05, 0) is 30.9 Å². The number of hydrogen-bond acceptors (Lipinski definition) is 5. The van der Waals surface area contributed by atoms with Crippen molar-refractivity contribution in [3.05, 3.63) is 34.9 Å². The third kappa shape index (κ3) is 2.13. The monoisotopic (exact) mass is 302 g/mol. The van der Waals surface area contributed by atoms with Crippen molar-refractivity contribution in [2.45, 2.75) is 19.3 Å². The standard InChI is InChI=1S/C14H14N4O2S/c1-8-15-13(20-17-8)9-2-4-18(7-9)14(19)11-6-12-10(16-11)3-5-21-12/h3,5-6,9,16H,2,4,7H2,1H3/t9-/m1/s1. The van der Waals surface area contributed by atoms with Crippen molar-refractivity contribution in [2.75, 3.05) is 13.1 Å². The van der Waals surface area contributed by atoms with E-state index in [-0.39, 0.29) is 11.8 Å². The van der Waals surface area contributed by atoms with Crippen LogP contribution in [0.4, 0.5) is 0 Å². The number of thiophene rings is 1. The van der Waals surface area contributed by atoms with Gasteiger partial charge in [0.15, 0.2) is 5.82 Å². The predicted octanol–water partition coefficient (Wildman–Crippen LogP) is 2.55. The van der Waals surface area contributed by atoms with E-state index in [0.29, 0.717) is 24.0 Å². The van der Waals surface area contributed by atoms with Gasteiger partial charge in [0.1, 0.15) is 5.69 Å². The Hall–Kier alpha value is -2.15. The molecule has 3 aromatic rings. The van der Waals surface area contributed by atoms with Crippen molar-refractivity contribution < 1.29 is 9.32 Å². The van der Waals surface area contributed by atoms with Gasteiger partial charge in [0.05, 0.1) is 16.1 Å². The minimum atomic E-state index is 0.0390. The molecule has 1 fully saturated rings. The molecule has 3 aromatic heterocycles. The molecule has 21 heavy (non-hydrogen) atoms. The van der Waals surface area contributed by atoms with Crippen LogP contribution < -0.4 is 0 Å². The molecule has 0 unspecified atom stereocenters. The molecular weight excluding hydrogens is 288 g/mol. The zero-order chi connectivity index (χ0) is 14.4. The number of nitrogens with zero attached hydrogens (tertiary/aromatic N) is 3. The molecule has 1 aliphatic heterocycles. The molecule has 4 rings (SSSR count). The first kappa shape index (κ1) is 12.6. The van der Waals surface area contributed by atoms with Gasteiger partial charge in [-0.3, -0.25) is 4.79 Å². The molecule has 0 aromatic carbocycles. The van der Waals surface area contributed by atoms with E-state index in [2.05, 4.69) is 15.1 Å². The Balaban J connectivity index is 1.52. The first-order chi connectivity index (χ1) is 10.2. The number of rotatable bonds is 2. The number of carbonyl (C=O) groups is 1. The fourth-order valence-electron chi connectivity index (χ4n) is 2.76. The summed E-state index contributed by atoms with van der Waals surface area (Å²) in [6.45, 7) is 3.15. The summed E-state index contributed by atoms with van der Waals surface area (Å²) in [6, 6.07) is 3.91. The Kier molecular flexibility index (Phi) is 2.81. The molecular formula is C14H14N4O2S. The molecule has 1 aliphatic rings. The highest BCUT2D eigenvalue weighted by molar-refractivity contribution is 7.17. The van der Waals surface area contributed by atoms with Crippen molar-refractivity contribution in [3.8, 4) is 0 Å². The maximum Gasteiger partial charge on any atom is 0.270 e. The normalized spacial score (nSPS) is 18.7. The molecule has 0 bridgehead atoms. The van der Waals surface area contributed by atoms with E-state index in [1.807, 2.05) is 22.4 Å². The largest absolute Gasteiger partial charge is 0.350 e. The lowest BCUT2D eigenvalue weighted by molar-refractivity contribution is 0.0785. The van der Waals surface area contributed by atoms with Crippen LogP contribution in [-0.2, 0) is 0 Å². The summed E-state index contributed by atoms with van der Waals surface area (Å²) in [7, 11) is 0. The van der Waals surface area contributed by atoms with Crippen LogP contribution in [0.2, 0.25) is 0 Å². The maximum atomic E-state index is 12.5. The summed E-state index contributed by atoms with van der Waals surface area (Å²) in [5.74, 6) is 1.46. The van der Waals surface area contributed by atoms with Crippen LogP contribution in [0, 0.1) is 6.92 Å². The van der Waals surface area contributed by atoms with E-state index in [1.54, 1.807) is 18.3 Å². The second-order valence-corrected chi connectivity index (χ2v) is 6.25. The topological polar surface area (TPSA) is 75.0 Å². The van der Waals surface area contributed by atoms with Crippen molar-refractivity contribution in [3.63, 3.8) is 0 Å². The second-order valence-electron chi connectivity index (χ2n) is 5.30. The number of nitrogens with one attached hydrogen (secondary N) is 1. The van der Waals surface area contributed by atoms with Crippen LogP contribution >= 0.6 is 11.3 Å². The number of carbonyl (C=O) groups excluding carboxylic acids is 1. The Morgan fingerprint density at radius 3 is 3.24 bits per heavy atom. The van der Waals surface area contributed by atoms with Crippen molar-refractivity contribution >= 4 is 27.5 Å². The fourth-order valence-corrected chi connectivity index (χ4v) is 3.54. The molecule has 0 spiro atoms. The van der Waals surface area contributed by atoms with Gasteiger partial charge >= 0.3 is 0 Å². The Morgan fingerprint density at radius 1 is 1.57 bits per heavy atom. The predicted molar refractivity (Wildman–Crippen MR) is 78.5 cm³/mol. The van der Waals surface area contributed by atoms with E-state index in [0.717, 1.165) is 23.2 Å². The van der Waals surface area contributed by atoms with Gasteiger partial charge in [0, 0.05) is 13.1 Å². The van der Waals surface area contributed by atoms with Gasteiger partial charge in [0.25, 0.3) is 5.91 Å². The maximum absolute atomic E-state index is 12.5. The van der Waals surface area contributed by atoms with E-state index in [1.165, 1.54) is 0 Å². The molecule has 7 heteroatoms. The van der Waals surface area contributed by atoms with Crippen LogP contribution in [0.25, 0.3) is 10.2 Å². The number of hydrogen-bond donors (Lipinski definition) is 1. The lowest BCUT2D eigenvalue weighted by Crippen LogP contribution is -2.28. The molecule has 108 valence electrons. The Labute approximate surface area is 124 Å². The summed E-state index contributed by atoms with van der Waals surface area (Å²) in [6.07, 6.45) is 0.864. The molecule has 1 N–H and O–H groups in total. The van der Waals surface area contributed by atoms with Gasteiger partial charge in [-0.25, -0.2) is 0 Å². The van der Waals surface area contributed by atoms with Crippen LogP contribution in [-0.4, -0.2) is 39.0 Å². The van der Waals surface area contributed by atoms with Crippen LogP contribution in [0.15, 0.2) is 22.0 Å². The van der Waals surface area contributed by atoms with Gasteiger partial charge in [-0.1, -0.05) is 5.16 Å². The summed E-state index contributed by atoms with van der Waals surface area (Å²) in [4.78, 5) is 21.8. The highest BCUT2D eigenvalue weighted by atomic mass is 32.1. The third-order valence-corrected chi connectivity index (χ3v) is 4.70. The highest BCUT2D eigenvalue weighted by Gasteiger charge is 2.31. The molecule has 6 nitrogen and oxygen atoms in total. The molecule has 0 saturated carbocycles. The number of amides is 1. The lowest BCUT2D eigenvalue weighted by Gasteiger charge is -2.14. The number of likely N-dealkylation sites (tertiary alicyclic amines) is 1. The number of aromatic amines is 1. The van der Waals surface area contributed by atoms with E-state index >= 15 is 0 Å². The summed E-state index contributed by atoms with van der Waals surface area (Å²) < 4.78 is 6.33. The summed E-state index contributed by atoms with van der Waals surface area (Å²) in [5.41, 5.74) is 1.67. The first-order valence-electron chi connectivity index (χ1n) is 6.86.